The van der Waals surface area contributed by atoms with Crippen molar-refractivity contribution >= 4 is 23.6 Å². The summed E-state index contributed by atoms with van der Waals surface area (Å²) in [6, 6.07) is 7.03. The number of benzene rings is 1. The van der Waals surface area contributed by atoms with Crippen LogP contribution in [0.2, 0.25) is 0 Å². The Morgan fingerprint density at radius 1 is 1.29 bits per heavy atom. The number of carbonyl (C=O) groups excluding carboxylic acids is 1. The summed E-state index contributed by atoms with van der Waals surface area (Å²) in [5.41, 5.74) is 1.13. The zero-order chi connectivity index (χ0) is 16.2. The number of thioether (sulfide) groups is 1. The lowest BCUT2D eigenvalue weighted by molar-refractivity contribution is -0.143. The van der Waals surface area contributed by atoms with Crippen molar-refractivity contribution in [2.75, 3.05) is 0 Å². The van der Waals surface area contributed by atoms with E-state index in [1.54, 1.807) is 27.7 Å². The molecular formula is C16H23NO3S. The average Bonchev–Trinajstić information content (AvgIpc) is 2.34. The Hall–Kier alpha value is -1.49. The molecule has 1 rings (SSSR count). The van der Waals surface area contributed by atoms with Gasteiger partial charge in [0.25, 0.3) is 0 Å². The predicted molar refractivity (Wildman–Crippen MR) is 85.5 cm³/mol. The smallest absolute Gasteiger partial charge is 0.326 e. The third-order valence-corrected chi connectivity index (χ3v) is 4.31. The Morgan fingerprint density at radius 3 is 2.38 bits per heavy atom. The highest BCUT2D eigenvalue weighted by Gasteiger charge is 2.33. The van der Waals surface area contributed by atoms with Crippen LogP contribution in [-0.4, -0.2) is 27.8 Å². The fourth-order valence-electron chi connectivity index (χ4n) is 1.85. The molecule has 21 heavy (non-hydrogen) atoms. The van der Waals surface area contributed by atoms with E-state index in [2.05, 4.69) is 5.32 Å². The maximum absolute atomic E-state index is 12.4. The topological polar surface area (TPSA) is 66.4 Å². The van der Waals surface area contributed by atoms with Gasteiger partial charge in [-0.05, 0) is 38.8 Å². The SMILES string of the molecule is Cc1cccc(SC(C)(C)C(=O)NC(C(=O)O)C(C)C)c1. The van der Waals surface area contributed by atoms with Gasteiger partial charge in [-0.2, -0.15) is 0 Å². The van der Waals surface area contributed by atoms with E-state index in [0.29, 0.717) is 0 Å². The summed E-state index contributed by atoms with van der Waals surface area (Å²) < 4.78 is -0.740. The summed E-state index contributed by atoms with van der Waals surface area (Å²) >= 11 is 1.43. The van der Waals surface area contributed by atoms with Gasteiger partial charge in [-0.3, -0.25) is 4.79 Å². The highest BCUT2D eigenvalue weighted by atomic mass is 32.2. The van der Waals surface area contributed by atoms with Gasteiger partial charge in [0.15, 0.2) is 0 Å². The number of carboxylic acids is 1. The third kappa shape index (κ3) is 5.08. The zero-order valence-electron chi connectivity index (χ0n) is 13.1. The van der Waals surface area contributed by atoms with Crippen LogP contribution < -0.4 is 5.32 Å². The van der Waals surface area contributed by atoms with Crippen LogP contribution in [0.1, 0.15) is 33.3 Å². The summed E-state index contributed by atoms with van der Waals surface area (Å²) in [5, 5.41) is 11.8. The van der Waals surface area contributed by atoms with E-state index in [4.69, 9.17) is 5.11 Å². The molecule has 0 saturated carbocycles. The molecule has 5 heteroatoms. The summed E-state index contributed by atoms with van der Waals surface area (Å²) in [4.78, 5) is 24.6. The molecule has 0 aliphatic heterocycles. The highest BCUT2D eigenvalue weighted by molar-refractivity contribution is 8.01. The maximum Gasteiger partial charge on any atom is 0.326 e. The molecule has 0 aliphatic carbocycles. The third-order valence-electron chi connectivity index (χ3n) is 3.13. The fourth-order valence-corrected chi connectivity index (χ4v) is 2.98. The van der Waals surface area contributed by atoms with E-state index in [1.807, 2.05) is 31.2 Å². The Bertz CT molecular complexity index is 526. The van der Waals surface area contributed by atoms with Crippen molar-refractivity contribution in [2.45, 2.75) is 50.3 Å². The lowest BCUT2D eigenvalue weighted by Crippen LogP contribution is -2.50. The molecule has 0 radical (unpaired) electrons. The second-order valence-corrected chi connectivity index (χ2v) is 7.66. The minimum atomic E-state index is -1.00. The Labute approximate surface area is 130 Å². The number of rotatable bonds is 6. The van der Waals surface area contributed by atoms with Gasteiger partial charge in [-0.25, -0.2) is 4.79 Å². The first-order chi connectivity index (χ1) is 9.63. The molecule has 1 atom stereocenters. The fraction of sp³-hybridized carbons (Fsp3) is 0.500. The molecule has 4 nitrogen and oxygen atoms in total. The van der Waals surface area contributed by atoms with E-state index in [-0.39, 0.29) is 11.8 Å². The minimum Gasteiger partial charge on any atom is -0.480 e. The molecule has 0 aromatic heterocycles. The molecule has 1 unspecified atom stereocenters. The van der Waals surface area contributed by atoms with Crippen molar-refractivity contribution in [3.05, 3.63) is 29.8 Å². The number of aryl methyl sites for hydroxylation is 1. The van der Waals surface area contributed by atoms with Gasteiger partial charge in [-0.1, -0.05) is 31.5 Å². The van der Waals surface area contributed by atoms with Gasteiger partial charge in [0, 0.05) is 4.90 Å². The molecule has 1 amide bonds. The summed E-state index contributed by atoms with van der Waals surface area (Å²) in [7, 11) is 0. The number of hydrogen-bond donors (Lipinski definition) is 2. The molecule has 0 fully saturated rings. The van der Waals surface area contributed by atoms with Crippen LogP contribution in [0.4, 0.5) is 0 Å². The first kappa shape index (κ1) is 17.6. The number of carboxylic acid groups (broad SMARTS) is 1. The molecule has 1 aromatic rings. The molecule has 0 aliphatic rings. The van der Waals surface area contributed by atoms with Crippen LogP contribution in [0.25, 0.3) is 0 Å². The Morgan fingerprint density at radius 2 is 1.90 bits per heavy atom. The van der Waals surface area contributed by atoms with Gasteiger partial charge in [0.05, 0.1) is 4.75 Å². The van der Waals surface area contributed by atoms with Crippen molar-refractivity contribution in [1.29, 1.82) is 0 Å². The van der Waals surface area contributed by atoms with Crippen molar-refractivity contribution < 1.29 is 14.7 Å². The Kier molecular flexibility index (Phi) is 5.84. The Balaban J connectivity index is 2.81. The second kappa shape index (κ2) is 6.98. The van der Waals surface area contributed by atoms with E-state index in [0.717, 1.165) is 10.5 Å². The van der Waals surface area contributed by atoms with Gasteiger partial charge in [-0.15, -0.1) is 11.8 Å². The normalized spacial score (nSPS) is 13.0. The molecule has 2 N–H and O–H groups in total. The van der Waals surface area contributed by atoms with Crippen molar-refractivity contribution in [2.24, 2.45) is 5.92 Å². The number of nitrogens with one attached hydrogen (secondary N) is 1. The van der Waals surface area contributed by atoms with Gasteiger partial charge in [0.1, 0.15) is 6.04 Å². The molecular weight excluding hydrogens is 286 g/mol. The number of amides is 1. The summed E-state index contributed by atoms with van der Waals surface area (Å²) in [6.45, 7) is 9.15. The molecule has 116 valence electrons. The van der Waals surface area contributed by atoms with Crippen LogP contribution in [0.15, 0.2) is 29.2 Å². The summed E-state index contributed by atoms with van der Waals surface area (Å²) in [5.74, 6) is -1.43. The van der Waals surface area contributed by atoms with Crippen LogP contribution in [0.3, 0.4) is 0 Å². The number of carbonyl (C=O) groups is 2. The van der Waals surface area contributed by atoms with Crippen molar-refractivity contribution in [3.8, 4) is 0 Å². The minimum absolute atomic E-state index is 0.161. The van der Waals surface area contributed by atoms with E-state index in [1.165, 1.54) is 11.8 Å². The van der Waals surface area contributed by atoms with E-state index >= 15 is 0 Å². The monoisotopic (exact) mass is 309 g/mol. The second-order valence-electron chi connectivity index (χ2n) is 5.96. The van der Waals surface area contributed by atoms with Gasteiger partial charge < -0.3 is 10.4 Å². The summed E-state index contributed by atoms with van der Waals surface area (Å²) in [6.07, 6.45) is 0. The van der Waals surface area contributed by atoms with Crippen LogP contribution in [0.5, 0.6) is 0 Å². The first-order valence-corrected chi connectivity index (χ1v) is 7.74. The van der Waals surface area contributed by atoms with Crippen molar-refractivity contribution in [3.63, 3.8) is 0 Å². The quantitative estimate of drug-likeness (QED) is 0.793. The maximum atomic E-state index is 12.4. The van der Waals surface area contributed by atoms with Crippen LogP contribution >= 0.6 is 11.8 Å². The average molecular weight is 309 g/mol. The highest BCUT2D eigenvalue weighted by Crippen LogP contribution is 2.33. The standard InChI is InChI=1S/C16H23NO3S/c1-10(2)13(14(18)19)17-15(20)16(4,5)21-12-8-6-7-11(3)9-12/h6-10,13H,1-5H3,(H,17,20)(H,18,19). The number of hydrogen-bond acceptors (Lipinski definition) is 3. The predicted octanol–water partition coefficient (Wildman–Crippen LogP) is 3.09. The van der Waals surface area contributed by atoms with Crippen LogP contribution in [0, 0.1) is 12.8 Å². The molecule has 0 spiro atoms. The van der Waals surface area contributed by atoms with Gasteiger partial charge in [0.2, 0.25) is 5.91 Å². The largest absolute Gasteiger partial charge is 0.480 e. The van der Waals surface area contributed by atoms with Crippen LogP contribution in [-0.2, 0) is 9.59 Å². The molecule has 0 heterocycles. The van der Waals surface area contributed by atoms with Crippen molar-refractivity contribution in [1.82, 2.24) is 5.32 Å². The van der Waals surface area contributed by atoms with E-state index < -0.39 is 16.8 Å². The zero-order valence-corrected chi connectivity index (χ0v) is 14.0. The first-order valence-electron chi connectivity index (χ1n) is 6.93. The van der Waals surface area contributed by atoms with Gasteiger partial charge >= 0.3 is 5.97 Å². The molecule has 1 aromatic carbocycles. The number of aliphatic carboxylic acids is 1. The lowest BCUT2D eigenvalue weighted by atomic mass is 10.0. The van der Waals surface area contributed by atoms with E-state index in [9.17, 15) is 9.59 Å². The molecule has 0 bridgehead atoms. The lowest BCUT2D eigenvalue weighted by Gasteiger charge is -2.27. The molecule has 0 saturated heterocycles.